The van der Waals surface area contributed by atoms with Crippen LogP contribution >= 0.6 is 0 Å². The minimum absolute atomic E-state index is 0.0103. The van der Waals surface area contributed by atoms with Crippen molar-refractivity contribution in [1.29, 1.82) is 0 Å². The number of piperidine rings is 1. The van der Waals surface area contributed by atoms with E-state index in [9.17, 15) is 4.79 Å². The number of benzene rings is 1. The molecular formula is C21H31N3O3. The average molecular weight is 373 g/mol. The maximum Gasteiger partial charge on any atom is 0.251 e. The molecule has 6 heteroatoms. The average Bonchev–Trinajstić information content (AvgIpc) is 3.20. The molecule has 1 spiro atoms. The van der Waals surface area contributed by atoms with E-state index in [1.807, 2.05) is 25.2 Å². The summed E-state index contributed by atoms with van der Waals surface area (Å²) in [6.07, 6.45) is 6.65. The highest BCUT2D eigenvalue weighted by atomic mass is 16.7. The molecule has 4 rings (SSSR count). The monoisotopic (exact) mass is 373 g/mol. The molecule has 2 fully saturated rings. The smallest absolute Gasteiger partial charge is 0.251 e. The zero-order chi connectivity index (χ0) is 18.9. The summed E-state index contributed by atoms with van der Waals surface area (Å²) in [5.74, 6) is 1.73. The van der Waals surface area contributed by atoms with E-state index in [1.54, 1.807) is 0 Å². The second-order valence-electron chi connectivity index (χ2n) is 8.50. The number of likely N-dealkylation sites (tertiary alicyclic amines) is 1. The number of hydrogen-bond donors (Lipinski definition) is 1. The first kappa shape index (κ1) is 18.6. The van der Waals surface area contributed by atoms with Crippen molar-refractivity contribution in [3.05, 3.63) is 18.2 Å². The summed E-state index contributed by atoms with van der Waals surface area (Å²) in [6, 6.07) is 5.68. The van der Waals surface area contributed by atoms with Crippen LogP contribution in [0.15, 0.2) is 18.2 Å². The summed E-state index contributed by atoms with van der Waals surface area (Å²) < 4.78 is 12.1. The molecule has 0 aromatic heterocycles. The van der Waals surface area contributed by atoms with Gasteiger partial charge in [0.05, 0.1) is 6.54 Å². The van der Waals surface area contributed by atoms with Crippen molar-refractivity contribution in [2.45, 2.75) is 44.3 Å². The summed E-state index contributed by atoms with van der Waals surface area (Å²) in [5, 5.41) is 3.00. The lowest BCUT2D eigenvalue weighted by Gasteiger charge is -2.32. The molecule has 148 valence electrons. The Labute approximate surface area is 161 Å². The van der Waals surface area contributed by atoms with Gasteiger partial charge < -0.3 is 19.7 Å². The molecule has 3 aliphatic rings. The van der Waals surface area contributed by atoms with Crippen molar-refractivity contribution in [3.63, 3.8) is 0 Å². The van der Waals surface area contributed by atoms with Crippen LogP contribution in [0.1, 0.15) is 38.5 Å². The number of fused-ring (bicyclic) bond motifs is 1. The van der Waals surface area contributed by atoms with Crippen LogP contribution in [0.3, 0.4) is 0 Å². The third-order valence-corrected chi connectivity index (χ3v) is 5.89. The Morgan fingerprint density at radius 3 is 2.81 bits per heavy atom. The Hall–Kier alpha value is -1.79. The third-order valence-electron chi connectivity index (χ3n) is 5.89. The fourth-order valence-electron chi connectivity index (χ4n) is 4.66. The first-order valence-corrected chi connectivity index (χ1v) is 10.2. The van der Waals surface area contributed by atoms with Crippen molar-refractivity contribution in [3.8, 4) is 11.5 Å². The molecule has 6 nitrogen and oxygen atoms in total. The summed E-state index contributed by atoms with van der Waals surface area (Å²) in [4.78, 5) is 16.9. The van der Waals surface area contributed by atoms with Gasteiger partial charge in [-0.15, -0.1) is 0 Å². The van der Waals surface area contributed by atoms with Crippen LogP contribution in [0.4, 0.5) is 5.69 Å². The van der Waals surface area contributed by atoms with Crippen molar-refractivity contribution < 1.29 is 14.3 Å². The molecule has 1 saturated heterocycles. The highest BCUT2D eigenvalue weighted by Crippen LogP contribution is 2.47. The molecule has 1 atom stereocenters. The fraction of sp³-hybridized carbons (Fsp3) is 0.667. The van der Waals surface area contributed by atoms with Gasteiger partial charge in [0.1, 0.15) is 0 Å². The van der Waals surface area contributed by atoms with E-state index >= 15 is 0 Å². The van der Waals surface area contributed by atoms with Crippen LogP contribution in [-0.2, 0) is 4.79 Å². The molecule has 1 aliphatic carbocycles. The summed E-state index contributed by atoms with van der Waals surface area (Å²) >= 11 is 0. The maximum absolute atomic E-state index is 12.4. The Morgan fingerprint density at radius 2 is 2.04 bits per heavy atom. The summed E-state index contributed by atoms with van der Waals surface area (Å²) in [6.45, 7) is 3.67. The van der Waals surface area contributed by atoms with E-state index in [-0.39, 0.29) is 5.91 Å². The van der Waals surface area contributed by atoms with Gasteiger partial charge in [-0.1, -0.05) is 0 Å². The molecule has 0 radical (unpaired) electrons. The second-order valence-corrected chi connectivity index (χ2v) is 8.50. The van der Waals surface area contributed by atoms with Gasteiger partial charge >= 0.3 is 0 Å². The first-order valence-electron chi connectivity index (χ1n) is 10.2. The lowest BCUT2D eigenvalue weighted by atomic mass is 9.98. The molecule has 1 N–H and O–H groups in total. The number of rotatable bonds is 5. The zero-order valence-electron chi connectivity index (χ0n) is 16.5. The number of nitrogens with one attached hydrogen (secondary N) is 1. The van der Waals surface area contributed by atoms with E-state index in [2.05, 4.69) is 22.2 Å². The molecular weight excluding hydrogens is 342 g/mol. The standard InChI is InChI=1S/C21H31N3O3/c1-23-11-5-6-16(13-23)14-24(2)15-20(25)22-17-7-8-18-19(12-17)27-21(26-18)9-3-4-10-21/h7-8,12,16H,3-6,9-11,13-15H2,1-2H3,(H,22,25). The van der Waals surface area contributed by atoms with Crippen molar-refractivity contribution >= 4 is 11.6 Å². The fourth-order valence-corrected chi connectivity index (χ4v) is 4.66. The van der Waals surface area contributed by atoms with Gasteiger partial charge in [0, 0.05) is 37.7 Å². The maximum atomic E-state index is 12.4. The van der Waals surface area contributed by atoms with Gasteiger partial charge in [-0.25, -0.2) is 0 Å². The van der Waals surface area contributed by atoms with E-state index in [0.29, 0.717) is 12.5 Å². The predicted molar refractivity (Wildman–Crippen MR) is 105 cm³/mol. The van der Waals surface area contributed by atoms with Crippen molar-refractivity contribution in [2.75, 3.05) is 45.6 Å². The van der Waals surface area contributed by atoms with Gasteiger partial charge in [0.25, 0.3) is 5.79 Å². The number of anilines is 1. The number of amides is 1. The van der Waals surface area contributed by atoms with Crippen LogP contribution in [0, 0.1) is 5.92 Å². The molecule has 1 aromatic carbocycles. The predicted octanol–water partition coefficient (Wildman–Crippen LogP) is 2.94. The quantitative estimate of drug-likeness (QED) is 0.860. The third kappa shape index (κ3) is 4.38. The molecule has 1 unspecified atom stereocenters. The largest absolute Gasteiger partial charge is 0.448 e. The van der Waals surface area contributed by atoms with E-state index in [1.165, 1.54) is 19.4 Å². The Kier molecular flexibility index (Phi) is 5.28. The van der Waals surface area contributed by atoms with Crippen LogP contribution in [0.5, 0.6) is 11.5 Å². The summed E-state index contributed by atoms with van der Waals surface area (Å²) in [7, 11) is 4.20. The minimum Gasteiger partial charge on any atom is -0.448 e. The second kappa shape index (κ2) is 7.68. The number of hydrogen-bond acceptors (Lipinski definition) is 5. The SMILES string of the molecule is CN1CCCC(CN(C)CC(=O)Nc2ccc3c(c2)OC2(CCCC2)O3)C1. The number of carbonyl (C=O) groups excluding carboxylic acids is 1. The minimum atomic E-state index is -0.460. The van der Waals surface area contributed by atoms with Crippen LogP contribution in [0.2, 0.25) is 0 Å². The van der Waals surface area contributed by atoms with Crippen molar-refractivity contribution in [1.82, 2.24) is 9.80 Å². The van der Waals surface area contributed by atoms with Crippen LogP contribution in [-0.4, -0.2) is 61.8 Å². The number of nitrogens with zero attached hydrogens (tertiary/aromatic N) is 2. The van der Waals surface area contributed by atoms with Crippen molar-refractivity contribution in [2.24, 2.45) is 5.92 Å². The van der Waals surface area contributed by atoms with Gasteiger partial charge in [0.2, 0.25) is 5.91 Å². The van der Waals surface area contributed by atoms with E-state index < -0.39 is 5.79 Å². The number of carbonyl (C=O) groups is 1. The molecule has 1 amide bonds. The molecule has 1 saturated carbocycles. The number of ether oxygens (including phenoxy) is 2. The lowest BCUT2D eigenvalue weighted by molar-refractivity contribution is -0.117. The highest BCUT2D eigenvalue weighted by Gasteiger charge is 2.44. The Bertz CT molecular complexity index is 687. The molecule has 1 aromatic rings. The van der Waals surface area contributed by atoms with Crippen LogP contribution < -0.4 is 14.8 Å². The van der Waals surface area contributed by atoms with E-state index in [0.717, 1.165) is 56.0 Å². The molecule has 2 heterocycles. The van der Waals surface area contributed by atoms with Gasteiger partial charge in [0.15, 0.2) is 11.5 Å². The normalized spacial score (nSPS) is 23.9. The summed E-state index contributed by atoms with van der Waals surface area (Å²) in [5.41, 5.74) is 0.767. The van der Waals surface area contributed by atoms with Crippen LogP contribution in [0.25, 0.3) is 0 Å². The topological polar surface area (TPSA) is 54.0 Å². The van der Waals surface area contributed by atoms with Gasteiger partial charge in [-0.3, -0.25) is 9.69 Å². The van der Waals surface area contributed by atoms with E-state index in [4.69, 9.17) is 9.47 Å². The Morgan fingerprint density at radius 1 is 1.26 bits per heavy atom. The molecule has 0 bridgehead atoms. The lowest BCUT2D eigenvalue weighted by Crippen LogP contribution is -2.40. The molecule has 27 heavy (non-hydrogen) atoms. The zero-order valence-corrected chi connectivity index (χ0v) is 16.5. The first-order chi connectivity index (χ1) is 13.0. The van der Waals surface area contributed by atoms with Gasteiger partial charge in [-0.2, -0.15) is 0 Å². The van der Waals surface area contributed by atoms with Gasteiger partial charge in [-0.05, 0) is 64.4 Å². The molecule has 2 aliphatic heterocycles. The highest BCUT2D eigenvalue weighted by molar-refractivity contribution is 5.92. The number of likely N-dealkylation sites (N-methyl/N-ethyl adjacent to an activating group) is 1. The Balaban J connectivity index is 1.29.